The van der Waals surface area contributed by atoms with Crippen LogP contribution in [0.1, 0.15) is 12.5 Å². The van der Waals surface area contributed by atoms with Crippen LogP contribution in [0.4, 0.5) is 0 Å². The Morgan fingerprint density at radius 1 is 1.10 bits per heavy atom. The lowest BCUT2D eigenvalue weighted by molar-refractivity contribution is -0.127. The topological polar surface area (TPSA) is 57.7 Å². The second-order valence-electron chi connectivity index (χ2n) is 5.04. The van der Waals surface area contributed by atoms with E-state index in [2.05, 4.69) is 0 Å². The largest absolute Gasteiger partial charge is 0.337 e. The van der Waals surface area contributed by atoms with Crippen LogP contribution >= 0.6 is 0 Å². The van der Waals surface area contributed by atoms with Crippen molar-refractivity contribution in [1.82, 2.24) is 9.21 Å². The summed E-state index contributed by atoms with van der Waals surface area (Å²) in [5, 5.41) is 0. The number of aryl methyl sites for hydroxylation is 1. The Balaban J connectivity index is 2.07. The van der Waals surface area contributed by atoms with E-state index in [-0.39, 0.29) is 5.91 Å². The Bertz CT molecular complexity index is 627. The first-order valence-corrected chi connectivity index (χ1v) is 8.37. The number of hydrogen-bond acceptors (Lipinski definition) is 3. The minimum Gasteiger partial charge on any atom is -0.337 e. The number of carbonyl (C=O) groups is 1. The highest BCUT2D eigenvalue weighted by atomic mass is 32.2. The van der Waals surface area contributed by atoms with Gasteiger partial charge < -0.3 is 4.90 Å². The highest BCUT2D eigenvalue weighted by molar-refractivity contribution is 7.89. The van der Waals surface area contributed by atoms with Gasteiger partial charge in [0.1, 0.15) is 0 Å². The Morgan fingerprint density at radius 3 is 2.19 bits per heavy atom. The molecule has 21 heavy (non-hydrogen) atoms. The van der Waals surface area contributed by atoms with Gasteiger partial charge in [0.2, 0.25) is 15.9 Å². The van der Waals surface area contributed by atoms with Gasteiger partial charge in [0, 0.05) is 26.2 Å². The standard InChI is InChI=1S/C15H20N2O3S/c1-3-4-15(18)16-9-11-17(12-10-16)21(19,20)14-7-5-13(2)6-8-14/h3-8H,9-12H2,1-2H3/b4-3+. The molecule has 0 saturated carbocycles. The van der Waals surface area contributed by atoms with Crippen LogP contribution in [0, 0.1) is 6.92 Å². The molecule has 1 aromatic rings. The summed E-state index contributed by atoms with van der Waals surface area (Å²) >= 11 is 0. The SMILES string of the molecule is C/C=C/C(=O)N1CCN(S(=O)(=O)c2ccc(C)cc2)CC1. The van der Waals surface area contributed by atoms with Gasteiger partial charge in [0.05, 0.1) is 4.90 Å². The second-order valence-corrected chi connectivity index (χ2v) is 6.98. The maximum Gasteiger partial charge on any atom is 0.246 e. The van der Waals surface area contributed by atoms with Crippen LogP contribution in [0.3, 0.4) is 0 Å². The van der Waals surface area contributed by atoms with Crippen molar-refractivity contribution in [3.05, 3.63) is 42.0 Å². The maximum atomic E-state index is 12.5. The number of rotatable bonds is 3. The normalized spacial score (nSPS) is 17.3. The zero-order valence-electron chi connectivity index (χ0n) is 12.3. The van der Waals surface area contributed by atoms with Crippen molar-refractivity contribution in [3.63, 3.8) is 0 Å². The van der Waals surface area contributed by atoms with E-state index in [1.807, 2.05) is 6.92 Å². The third-order valence-electron chi connectivity index (χ3n) is 3.52. The summed E-state index contributed by atoms with van der Waals surface area (Å²) in [5.41, 5.74) is 1.02. The van der Waals surface area contributed by atoms with E-state index < -0.39 is 10.0 Å². The van der Waals surface area contributed by atoms with Gasteiger partial charge in [-0.1, -0.05) is 23.8 Å². The zero-order chi connectivity index (χ0) is 15.5. The summed E-state index contributed by atoms with van der Waals surface area (Å²) in [6.45, 7) is 5.22. The molecule has 1 heterocycles. The Hall–Kier alpha value is -1.66. The highest BCUT2D eigenvalue weighted by Gasteiger charge is 2.29. The van der Waals surface area contributed by atoms with E-state index in [1.165, 1.54) is 10.4 Å². The van der Waals surface area contributed by atoms with Crippen molar-refractivity contribution >= 4 is 15.9 Å². The van der Waals surface area contributed by atoms with E-state index in [1.54, 1.807) is 42.2 Å². The number of carbonyl (C=O) groups excluding carboxylic acids is 1. The van der Waals surface area contributed by atoms with E-state index in [9.17, 15) is 13.2 Å². The summed E-state index contributed by atoms with van der Waals surface area (Å²) in [4.78, 5) is 13.7. The van der Waals surface area contributed by atoms with E-state index >= 15 is 0 Å². The molecular formula is C15H20N2O3S. The number of benzene rings is 1. The van der Waals surface area contributed by atoms with Crippen LogP contribution in [-0.4, -0.2) is 49.7 Å². The maximum absolute atomic E-state index is 12.5. The lowest BCUT2D eigenvalue weighted by Crippen LogP contribution is -2.50. The van der Waals surface area contributed by atoms with Crippen LogP contribution in [0.25, 0.3) is 0 Å². The summed E-state index contributed by atoms with van der Waals surface area (Å²) in [6, 6.07) is 6.83. The Labute approximate surface area is 125 Å². The fourth-order valence-electron chi connectivity index (χ4n) is 2.26. The first kappa shape index (κ1) is 15.7. The van der Waals surface area contributed by atoms with Crippen LogP contribution in [0.15, 0.2) is 41.3 Å². The van der Waals surface area contributed by atoms with Gasteiger partial charge in [-0.25, -0.2) is 8.42 Å². The Kier molecular flexibility index (Phi) is 4.80. The van der Waals surface area contributed by atoms with Gasteiger partial charge in [-0.2, -0.15) is 4.31 Å². The van der Waals surface area contributed by atoms with Gasteiger partial charge in [-0.3, -0.25) is 4.79 Å². The molecule has 0 radical (unpaired) electrons. The molecule has 0 atom stereocenters. The van der Waals surface area contributed by atoms with Gasteiger partial charge in [0.15, 0.2) is 0 Å². The minimum absolute atomic E-state index is 0.0649. The molecule has 1 aliphatic heterocycles. The molecule has 1 amide bonds. The third kappa shape index (κ3) is 3.51. The second kappa shape index (κ2) is 6.41. The molecule has 1 fully saturated rings. The number of nitrogens with zero attached hydrogens (tertiary/aromatic N) is 2. The molecule has 1 aromatic carbocycles. The molecule has 6 heteroatoms. The highest BCUT2D eigenvalue weighted by Crippen LogP contribution is 2.18. The lowest BCUT2D eigenvalue weighted by atomic mass is 10.2. The third-order valence-corrected chi connectivity index (χ3v) is 5.43. The number of allylic oxidation sites excluding steroid dienone is 1. The van der Waals surface area contributed by atoms with Crippen molar-refractivity contribution in [2.24, 2.45) is 0 Å². The zero-order valence-corrected chi connectivity index (χ0v) is 13.1. The number of amides is 1. The molecule has 0 unspecified atom stereocenters. The van der Waals surface area contributed by atoms with E-state index in [4.69, 9.17) is 0 Å². The molecule has 5 nitrogen and oxygen atoms in total. The van der Waals surface area contributed by atoms with E-state index in [0.29, 0.717) is 31.1 Å². The number of piperazine rings is 1. The summed E-state index contributed by atoms with van der Waals surface area (Å²) < 4.78 is 26.5. The molecule has 1 aliphatic rings. The van der Waals surface area contributed by atoms with Crippen molar-refractivity contribution in [3.8, 4) is 0 Å². The smallest absolute Gasteiger partial charge is 0.246 e. The minimum atomic E-state index is -3.46. The molecule has 0 bridgehead atoms. The average Bonchev–Trinajstić information content (AvgIpc) is 2.48. The molecular weight excluding hydrogens is 288 g/mol. The summed E-state index contributed by atoms with van der Waals surface area (Å²) in [5.74, 6) is -0.0649. The number of hydrogen-bond donors (Lipinski definition) is 0. The quantitative estimate of drug-likeness (QED) is 0.793. The van der Waals surface area contributed by atoms with Gasteiger partial charge in [-0.15, -0.1) is 0 Å². The van der Waals surface area contributed by atoms with Crippen molar-refractivity contribution < 1.29 is 13.2 Å². The van der Waals surface area contributed by atoms with Crippen LogP contribution < -0.4 is 0 Å². The fourth-order valence-corrected chi connectivity index (χ4v) is 3.68. The molecule has 2 rings (SSSR count). The summed E-state index contributed by atoms with van der Waals surface area (Å²) in [7, 11) is -3.46. The summed E-state index contributed by atoms with van der Waals surface area (Å²) in [6.07, 6.45) is 3.20. The van der Waals surface area contributed by atoms with Gasteiger partial charge in [0.25, 0.3) is 0 Å². The number of sulfonamides is 1. The van der Waals surface area contributed by atoms with Gasteiger partial charge in [-0.05, 0) is 32.1 Å². The van der Waals surface area contributed by atoms with Crippen LogP contribution in [0.2, 0.25) is 0 Å². The average molecular weight is 308 g/mol. The lowest BCUT2D eigenvalue weighted by Gasteiger charge is -2.33. The van der Waals surface area contributed by atoms with Crippen molar-refractivity contribution in [2.45, 2.75) is 18.7 Å². The van der Waals surface area contributed by atoms with E-state index in [0.717, 1.165) is 5.56 Å². The molecule has 0 N–H and O–H groups in total. The monoisotopic (exact) mass is 308 g/mol. The van der Waals surface area contributed by atoms with Crippen LogP contribution in [0.5, 0.6) is 0 Å². The Morgan fingerprint density at radius 2 is 1.67 bits per heavy atom. The van der Waals surface area contributed by atoms with Crippen molar-refractivity contribution in [2.75, 3.05) is 26.2 Å². The first-order valence-electron chi connectivity index (χ1n) is 6.93. The predicted molar refractivity (Wildman–Crippen MR) is 81.3 cm³/mol. The predicted octanol–water partition coefficient (Wildman–Crippen LogP) is 1.40. The molecule has 1 saturated heterocycles. The molecule has 0 spiro atoms. The van der Waals surface area contributed by atoms with Crippen molar-refractivity contribution in [1.29, 1.82) is 0 Å². The van der Waals surface area contributed by atoms with Gasteiger partial charge >= 0.3 is 0 Å². The fraction of sp³-hybridized carbons (Fsp3) is 0.400. The molecule has 114 valence electrons. The molecule has 0 aliphatic carbocycles. The first-order chi connectivity index (χ1) is 9.95. The van der Waals surface area contributed by atoms with Crippen LogP contribution in [-0.2, 0) is 14.8 Å². The molecule has 0 aromatic heterocycles.